The number of aliphatic hydroxyl groups is 4. The van der Waals surface area contributed by atoms with Gasteiger partial charge in [-0.15, -0.1) is 0 Å². The predicted molar refractivity (Wildman–Crippen MR) is 499 cm³/mol. The van der Waals surface area contributed by atoms with Gasteiger partial charge in [-0.3, -0.25) is 0 Å². The molecule has 0 saturated heterocycles. The Hall–Kier alpha value is -6.37. The van der Waals surface area contributed by atoms with Crippen LogP contribution in [0.15, 0.2) is 146 Å². The van der Waals surface area contributed by atoms with E-state index in [1.54, 1.807) is 6.92 Å². The Morgan fingerprint density at radius 2 is 0.630 bits per heavy atom. The zero-order valence-corrected chi connectivity index (χ0v) is 76.0. The molecule has 664 valence electrons. The van der Waals surface area contributed by atoms with Crippen LogP contribution in [-0.4, -0.2) is 71.4 Å². The topological polar surface area (TPSA) is 160 Å². The van der Waals surface area contributed by atoms with Crippen molar-refractivity contribution in [3.8, 4) is 34.5 Å². The maximum atomic E-state index is 10.7. The molecule has 11 nitrogen and oxygen atoms in total. The standard InChI is InChI=1S/2C19H30O2.C19H30O.C18H28O2.C17H25NO2.C16H24O/c1-2-9-19(20)17-12-8-13-18(14-17)21-15-16-10-6-4-3-5-7-11-16;1-2-3-10-17-11-9-12-18(15-17)21-16-19(20)13-7-5-4-6-8-14-19;1-2-3-10-17-13-9-14-19(15-17)20-16-18-11-7-5-4-6-8-12-18;1-3-14(2)18(19)16-10-7-11-17(12-16)20-13-15-8-5-4-6-9-15;1-13(18)10-17(19)15-8-5-9-16(11-15)20-12-14-6-3-2-4-7-14;1-2-3-7-14-10-6-11-16(12-14)17-13-15-8-4-5-9-15/h8,12-14,16,19-20H,2-7,9-11,15H2,1H3;9,11-12,15,20H,2-8,10,13-14,16H2,1H3;9,13-15,18H,2-8,10-12,16H2,1H3;7,10-12,14-15,18-19H,3-6,8-9,13H2,1-2H3;5,8-9,11,14,17-19H,2-4,6-7,10,12H2,1H3;6,10-12,15H,2-5,7-9,13H2,1H3/t;;;14-,18+;;/m...1../s1. The van der Waals surface area contributed by atoms with Gasteiger partial charge in [-0.25, -0.2) is 0 Å². The molecule has 6 fully saturated rings. The van der Waals surface area contributed by atoms with E-state index in [1.165, 1.54) is 267 Å². The number of rotatable bonds is 36. The molecule has 0 spiro atoms. The largest absolute Gasteiger partial charge is 0.493 e. The molecule has 6 saturated carbocycles. The third-order valence-corrected chi connectivity index (χ3v) is 25.7. The Kier molecular flexibility index (Phi) is 51.1. The molecule has 4 atom stereocenters. The minimum Gasteiger partial charge on any atom is -0.493 e. The van der Waals surface area contributed by atoms with Gasteiger partial charge in [0.05, 0.1) is 56.9 Å². The number of aliphatic hydroxyl groups excluding tert-OH is 3. The van der Waals surface area contributed by atoms with E-state index in [0.29, 0.717) is 36.5 Å². The molecule has 0 aliphatic heterocycles. The van der Waals surface area contributed by atoms with Crippen LogP contribution in [0.1, 0.15) is 389 Å². The third-order valence-electron chi connectivity index (χ3n) is 25.7. The Balaban J connectivity index is 0.000000197. The zero-order valence-electron chi connectivity index (χ0n) is 76.0. The average Bonchev–Trinajstić information content (AvgIpc) is 1.46. The Morgan fingerprint density at radius 1 is 0.353 bits per heavy atom. The summed E-state index contributed by atoms with van der Waals surface area (Å²) in [6.07, 6.45) is 58.6. The molecular formula is C108H167NO10. The maximum absolute atomic E-state index is 10.7. The van der Waals surface area contributed by atoms with Gasteiger partial charge in [0, 0.05) is 12.1 Å². The fraction of sp³-hybridized carbons (Fsp3) is 0.657. The van der Waals surface area contributed by atoms with Crippen LogP contribution in [0.2, 0.25) is 0 Å². The molecule has 6 aromatic carbocycles. The van der Waals surface area contributed by atoms with Crippen molar-refractivity contribution in [1.82, 2.24) is 0 Å². The summed E-state index contributed by atoms with van der Waals surface area (Å²) in [5, 5.41) is 48.6. The van der Waals surface area contributed by atoms with Crippen LogP contribution in [0, 0.1) is 40.9 Å². The van der Waals surface area contributed by atoms with Crippen molar-refractivity contribution in [2.24, 2.45) is 35.5 Å². The van der Waals surface area contributed by atoms with Crippen molar-refractivity contribution in [3.63, 3.8) is 0 Å². The van der Waals surface area contributed by atoms with Crippen LogP contribution in [0.3, 0.4) is 0 Å². The quantitative estimate of drug-likeness (QED) is 0.0240. The molecule has 12 rings (SSSR count). The minimum absolute atomic E-state index is 0.281. The first kappa shape index (κ1) is 99.7. The first-order valence-corrected chi connectivity index (χ1v) is 48.8. The molecule has 0 amide bonds. The molecule has 0 radical (unpaired) electrons. The second-order valence-electron chi connectivity index (χ2n) is 36.5. The molecule has 5 N–H and O–H groups in total. The lowest BCUT2D eigenvalue weighted by molar-refractivity contribution is -0.0257. The normalized spacial score (nSPS) is 18.1. The van der Waals surface area contributed by atoms with E-state index in [4.69, 9.17) is 33.8 Å². The molecule has 6 aliphatic rings. The second-order valence-corrected chi connectivity index (χ2v) is 36.5. The van der Waals surface area contributed by atoms with Crippen LogP contribution >= 0.6 is 0 Å². The lowest BCUT2D eigenvalue weighted by Crippen LogP contribution is -2.36. The molecule has 6 aromatic rings. The van der Waals surface area contributed by atoms with Gasteiger partial charge in [0.25, 0.3) is 0 Å². The van der Waals surface area contributed by atoms with Crippen molar-refractivity contribution in [1.29, 1.82) is 5.41 Å². The summed E-state index contributed by atoms with van der Waals surface area (Å²) < 4.78 is 35.7. The molecule has 0 bridgehead atoms. The van der Waals surface area contributed by atoms with Crippen molar-refractivity contribution < 1.29 is 48.8 Å². The van der Waals surface area contributed by atoms with Gasteiger partial charge in [-0.05, 0) is 271 Å². The maximum Gasteiger partial charge on any atom is 0.119 e. The number of hydrogen-bond donors (Lipinski definition) is 5. The summed E-state index contributed by atoms with van der Waals surface area (Å²) in [5.74, 6) is 9.62. The minimum atomic E-state index is -0.625. The second kappa shape index (κ2) is 61.0. The summed E-state index contributed by atoms with van der Waals surface area (Å²) >= 11 is 0. The lowest BCUT2D eigenvalue weighted by atomic mass is 9.88. The number of nitrogens with one attached hydrogen (secondary N) is 1. The Labute approximate surface area is 725 Å². The van der Waals surface area contributed by atoms with Gasteiger partial charge >= 0.3 is 0 Å². The fourth-order valence-electron chi connectivity index (χ4n) is 17.6. The van der Waals surface area contributed by atoms with E-state index in [-0.39, 0.29) is 12.0 Å². The van der Waals surface area contributed by atoms with Gasteiger partial charge in [0.15, 0.2) is 0 Å². The number of hydrogen-bond acceptors (Lipinski definition) is 11. The number of aryl methyl sites for hydroxylation is 3. The van der Waals surface area contributed by atoms with Gasteiger partial charge in [0.1, 0.15) is 41.1 Å². The zero-order chi connectivity index (χ0) is 84.6. The van der Waals surface area contributed by atoms with E-state index in [0.717, 1.165) is 147 Å². The van der Waals surface area contributed by atoms with Crippen LogP contribution < -0.4 is 28.4 Å². The summed E-state index contributed by atoms with van der Waals surface area (Å²) in [6, 6.07) is 49.3. The Bertz CT molecular complexity index is 3510. The van der Waals surface area contributed by atoms with E-state index in [2.05, 4.69) is 108 Å². The van der Waals surface area contributed by atoms with Gasteiger partial charge in [0.2, 0.25) is 0 Å². The summed E-state index contributed by atoms with van der Waals surface area (Å²) in [4.78, 5) is 0. The van der Waals surface area contributed by atoms with Gasteiger partial charge in [-0.1, -0.05) is 294 Å². The van der Waals surface area contributed by atoms with E-state index < -0.39 is 17.8 Å². The average molecular weight is 1640 g/mol. The van der Waals surface area contributed by atoms with Crippen molar-refractivity contribution >= 4 is 5.71 Å². The highest BCUT2D eigenvalue weighted by molar-refractivity contribution is 5.79. The highest BCUT2D eigenvalue weighted by atomic mass is 16.5. The van der Waals surface area contributed by atoms with Crippen LogP contribution in [0.5, 0.6) is 34.5 Å². The molecule has 119 heavy (non-hydrogen) atoms. The third kappa shape index (κ3) is 43.0. The molecule has 11 heteroatoms. The Morgan fingerprint density at radius 3 is 0.958 bits per heavy atom. The van der Waals surface area contributed by atoms with E-state index in [9.17, 15) is 20.4 Å². The summed E-state index contributed by atoms with van der Waals surface area (Å²) in [6.45, 7) is 19.4. The number of ether oxygens (including phenoxy) is 6. The first-order chi connectivity index (χ1) is 58.1. The lowest BCUT2D eigenvalue weighted by Gasteiger charge is -2.30. The van der Waals surface area contributed by atoms with Crippen LogP contribution in [-0.2, 0) is 19.3 Å². The highest BCUT2D eigenvalue weighted by Crippen LogP contribution is 2.35. The van der Waals surface area contributed by atoms with E-state index in [1.807, 2.05) is 78.9 Å². The van der Waals surface area contributed by atoms with Crippen LogP contribution in [0.25, 0.3) is 0 Å². The van der Waals surface area contributed by atoms with Gasteiger partial charge < -0.3 is 54.3 Å². The molecule has 2 unspecified atom stereocenters. The monoisotopic (exact) mass is 1640 g/mol. The fourth-order valence-corrected chi connectivity index (χ4v) is 17.6. The number of unbranched alkanes of at least 4 members (excludes halogenated alkanes) is 3. The van der Waals surface area contributed by atoms with Crippen molar-refractivity contribution in [2.45, 2.75) is 381 Å². The highest BCUT2D eigenvalue weighted by Gasteiger charge is 2.29. The predicted octanol–water partition coefficient (Wildman–Crippen LogP) is 29.3. The van der Waals surface area contributed by atoms with Gasteiger partial charge in [-0.2, -0.15) is 0 Å². The van der Waals surface area contributed by atoms with Crippen molar-refractivity contribution in [2.75, 3.05) is 39.6 Å². The number of benzene rings is 6. The van der Waals surface area contributed by atoms with Crippen LogP contribution in [0.4, 0.5) is 0 Å². The summed E-state index contributed by atoms with van der Waals surface area (Å²) in [5.41, 5.74) is 6.81. The molecule has 0 heterocycles. The van der Waals surface area contributed by atoms with Crippen molar-refractivity contribution in [3.05, 3.63) is 179 Å². The smallest absolute Gasteiger partial charge is 0.119 e. The molecular weight excluding hydrogens is 1470 g/mol. The SMILES string of the molecule is CC(=N)CC(O)c1cccc(OCC2CCCCC2)c1.CCCC(O)c1cccc(OCC2CCCCCCC2)c1.CCCCc1cccc(OCC2(O)CCCCCCC2)c1.CCCCc1cccc(OCC2CCCC2)c1.CCCCc1cccc(OCC2CCCCCCC2)c1.CC[C@@H](C)[C@H](O)c1cccc(OCC2CCCCC2)c1. The molecule has 6 aliphatic carbocycles. The summed E-state index contributed by atoms with van der Waals surface area (Å²) in [7, 11) is 0. The van der Waals surface area contributed by atoms with E-state index >= 15 is 0 Å². The first-order valence-electron chi connectivity index (χ1n) is 48.8. The molecule has 0 aromatic heterocycles.